The summed E-state index contributed by atoms with van der Waals surface area (Å²) in [5, 5.41) is 3.22. The summed E-state index contributed by atoms with van der Waals surface area (Å²) in [6.45, 7) is 8.98. The van der Waals surface area contributed by atoms with Gasteiger partial charge in [0, 0.05) is 30.5 Å². The minimum absolute atomic E-state index is 0.0522. The molecule has 1 atom stereocenters. The van der Waals surface area contributed by atoms with Crippen LogP contribution >= 0.6 is 0 Å². The van der Waals surface area contributed by atoms with Gasteiger partial charge in [0.1, 0.15) is 0 Å². The smallest absolute Gasteiger partial charge is 0.227 e. The van der Waals surface area contributed by atoms with Crippen molar-refractivity contribution in [3.63, 3.8) is 0 Å². The predicted octanol–water partition coefficient (Wildman–Crippen LogP) is 2.18. The first-order valence-corrected chi connectivity index (χ1v) is 8.54. The fourth-order valence-electron chi connectivity index (χ4n) is 3.40. The van der Waals surface area contributed by atoms with Crippen molar-refractivity contribution in [1.29, 1.82) is 0 Å². The molecule has 1 aliphatic rings. The van der Waals surface area contributed by atoms with E-state index in [9.17, 15) is 4.79 Å². The molecule has 0 aliphatic carbocycles. The summed E-state index contributed by atoms with van der Waals surface area (Å²) in [5.74, 6) is -0.0823. The number of fused-ring (bicyclic) bond motifs is 1. The second kappa shape index (κ2) is 6.57. The lowest BCUT2D eigenvalue weighted by atomic mass is 9.98. The van der Waals surface area contributed by atoms with Gasteiger partial charge in [-0.15, -0.1) is 0 Å². The van der Waals surface area contributed by atoms with Crippen molar-refractivity contribution < 1.29 is 9.53 Å². The van der Waals surface area contributed by atoms with Crippen LogP contribution in [0.5, 0.6) is 0 Å². The summed E-state index contributed by atoms with van der Waals surface area (Å²) in [6.07, 6.45) is 2.05. The van der Waals surface area contributed by atoms with Crippen LogP contribution in [-0.4, -0.2) is 48.6 Å². The molecule has 3 rings (SSSR count). The van der Waals surface area contributed by atoms with Crippen molar-refractivity contribution in [3.8, 4) is 0 Å². The van der Waals surface area contributed by atoms with Crippen molar-refractivity contribution >= 4 is 11.4 Å². The molecule has 1 fully saturated rings. The summed E-state index contributed by atoms with van der Waals surface area (Å²) in [5.41, 5.74) is 3.02. The van der Waals surface area contributed by atoms with Crippen molar-refractivity contribution in [2.24, 2.45) is 5.92 Å². The molecule has 5 nitrogen and oxygen atoms in total. The minimum atomic E-state index is -0.456. The predicted molar refractivity (Wildman–Crippen MR) is 95.1 cm³/mol. The zero-order chi connectivity index (χ0) is 17.3. The van der Waals surface area contributed by atoms with E-state index in [0.717, 1.165) is 18.8 Å². The van der Waals surface area contributed by atoms with Gasteiger partial charge in [0.15, 0.2) is 0 Å². The van der Waals surface area contributed by atoms with E-state index in [2.05, 4.69) is 53.6 Å². The number of aromatic nitrogens is 1. The lowest BCUT2D eigenvalue weighted by Gasteiger charge is -2.29. The maximum absolute atomic E-state index is 12.8. The average Bonchev–Trinajstić information content (AvgIpc) is 2.85. The highest BCUT2D eigenvalue weighted by atomic mass is 16.5. The Balaban J connectivity index is 1.82. The van der Waals surface area contributed by atoms with Gasteiger partial charge < -0.3 is 19.4 Å². The zero-order valence-corrected chi connectivity index (χ0v) is 15.0. The molecule has 0 spiro atoms. The van der Waals surface area contributed by atoms with E-state index in [-0.39, 0.29) is 11.8 Å². The number of hydrogen-bond donors (Lipinski definition) is 1. The topological polar surface area (TPSA) is 46.0 Å². The van der Waals surface area contributed by atoms with E-state index >= 15 is 0 Å². The normalized spacial score (nSPS) is 20.1. The maximum Gasteiger partial charge on any atom is 0.227 e. The zero-order valence-electron chi connectivity index (χ0n) is 15.0. The van der Waals surface area contributed by atoms with Crippen LogP contribution in [0, 0.1) is 12.8 Å². The van der Waals surface area contributed by atoms with Gasteiger partial charge in [-0.2, -0.15) is 0 Å². The first-order valence-electron chi connectivity index (χ1n) is 8.54. The number of carbonyl (C=O) groups is 1. The van der Waals surface area contributed by atoms with Crippen LogP contribution in [0.1, 0.15) is 25.1 Å². The summed E-state index contributed by atoms with van der Waals surface area (Å²) in [7, 11) is 2.03. The second-order valence-corrected chi connectivity index (χ2v) is 7.31. The fourth-order valence-corrected chi connectivity index (χ4v) is 3.40. The third-order valence-corrected chi connectivity index (χ3v) is 4.82. The minimum Gasteiger partial charge on any atom is -0.379 e. The number of carbonyl (C=O) groups excluding carboxylic acids is 1. The number of likely N-dealkylation sites (N-methyl/N-ethyl adjacent to an activating group) is 1. The second-order valence-electron chi connectivity index (χ2n) is 7.31. The van der Waals surface area contributed by atoms with Crippen LogP contribution in [0.3, 0.4) is 0 Å². The van der Waals surface area contributed by atoms with E-state index in [4.69, 9.17) is 4.74 Å². The SMILES string of the molecule is Cc1cccn2c(C(C)(C)NC(=O)C3COCCN(C)C3)ccc12. The summed E-state index contributed by atoms with van der Waals surface area (Å²) in [6, 6.07) is 8.35. The highest BCUT2D eigenvalue weighted by Crippen LogP contribution is 2.25. The van der Waals surface area contributed by atoms with E-state index in [0.29, 0.717) is 13.2 Å². The third-order valence-electron chi connectivity index (χ3n) is 4.82. The number of aryl methyl sites for hydroxylation is 1. The molecule has 1 aliphatic heterocycles. The molecule has 24 heavy (non-hydrogen) atoms. The highest BCUT2D eigenvalue weighted by molar-refractivity contribution is 5.80. The van der Waals surface area contributed by atoms with Crippen molar-refractivity contribution in [2.75, 3.05) is 33.4 Å². The number of hydrogen-bond acceptors (Lipinski definition) is 3. The molecule has 0 saturated carbocycles. The summed E-state index contributed by atoms with van der Waals surface area (Å²) >= 11 is 0. The summed E-state index contributed by atoms with van der Waals surface area (Å²) < 4.78 is 7.74. The van der Waals surface area contributed by atoms with Crippen LogP contribution in [0.15, 0.2) is 30.5 Å². The Morgan fingerprint density at radius 1 is 1.33 bits per heavy atom. The van der Waals surface area contributed by atoms with Gasteiger partial charge in [-0.05, 0) is 51.6 Å². The Kier molecular flexibility index (Phi) is 4.65. The van der Waals surface area contributed by atoms with Crippen molar-refractivity contribution in [3.05, 3.63) is 41.7 Å². The Labute approximate surface area is 143 Å². The van der Waals surface area contributed by atoms with Crippen molar-refractivity contribution in [2.45, 2.75) is 26.3 Å². The van der Waals surface area contributed by atoms with Gasteiger partial charge in [-0.25, -0.2) is 0 Å². The van der Waals surface area contributed by atoms with E-state index in [1.807, 2.05) is 19.3 Å². The molecular formula is C19H27N3O2. The average molecular weight is 329 g/mol. The van der Waals surface area contributed by atoms with E-state index in [1.165, 1.54) is 11.1 Å². The molecule has 2 aromatic rings. The van der Waals surface area contributed by atoms with E-state index < -0.39 is 5.54 Å². The quantitative estimate of drug-likeness (QED) is 0.939. The lowest BCUT2D eigenvalue weighted by Crippen LogP contribution is -2.47. The van der Waals surface area contributed by atoms with Crippen LogP contribution in [0.25, 0.3) is 5.52 Å². The largest absolute Gasteiger partial charge is 0.379 e. The van der Waals surface area contributed by atoms with Crippen LogP contribution < -0.4 is 5.32 Å². The highest BCUT2D eigenvalue weighted by Gasteiger charge is 2.30. The molecule has 1 saturated heterocycles. The van der Waals surface area contributed by atoms with Crippen LogP contribution in [0.4, 0.5) is 0 Å². The molecule has 2 aromatic heterocycles. The number of nitrogens with zero attached hydrogens (tertiary/aromatic N) is 2. The molecular weight excluding hydrogens is 302 g/mol. The van der Waals surface area contributed by atoms with Gasteiger partial charge in [-0.1, -0.05) is 6.07 Å². The monoisotopic (exact) mass is 329 g/mol. The lowest BCUT2D eigenvalue weighted by molar-refractivity contribution is -0.128. The number of amides is 1. The Morgan fingerprint density at radius 3 is 2.92 bits per heavy atom. The van der Waals surface area contributed by atoms with Gasteiger partial charge in [0.2, 0.25) is 5.91 Å². The number of rotatable bonds is 3. The molecule has 0 radical (unpaired) electrons. The Bertz CT molecular complexity index is 735. The number of ether oxygens (including phenoxy) is 1. The van der Waals surface area contributed by atoms with Gasteiger partial charge >= 0.3 is 0 Å². The standard InChI is InChI=1S/C19H27N3O2/c1-14-6-5-9-22-16(14)7-8-17(22)19(2,3)20-18(23)15-12-21(4)10-11-24-13-15/h5-9,15H,10-13H2,1-4H3,(H,20,23). The third kappa shape index (κ3) is 3.32. The number of nitrogens with one attached hydrogen (secondary N) is 1. The Hall–Kier alpha value is -1.85. The first kappa shape index (κ1) is 17.0. The molecule has 0 aromatic carbocycles. The molecule has 1 unspecified atom stereocenters. The first-order chi connectivity index (χ1) is 11.4. The van der Waals surface area contributed by atoms with Crippen LogP contribution in [0.2, 0.25) is 0 Å². The molecule has 5 heteroatoms. The number of pyridine rings is 1. The molecule has 1 N–H and O–H groups in total. The molecule has 3 heterocycles. The fraction of sp³-hybridized carbons (Fsp3) is 0.526. The maximum atomic E-state index is 12.8. The molecule has 0 bridgehead atoms. The van der Waals surface area contributed by atoms with Gasteiger partial charge in [0.25, 0.3) is 0 Å². The molecule has 130 valence electrons. The van der Waals surface area contributed by atoms with Crippen molar-refractivity contribution in [1.82, 2.24) is 14.6 Å². The molecule has 1 amide bonds. The Morgan fingerprint density at radius 2 is 2.12 bits per heavy atom. The summed E-state index contributed by atoms with van der Waals surface area (Å²) in [4.78, 5) is 14.9. The van der Waals surface area contributed by atoms with Gasteiger partial charge in [-0.3, -0.25) is 4.79 Å². The van der Waals surface area contributed by atoms with Gasteiger partial charge in [0.05, 0.1) is 24.7 Å². The van der Waals surface area contributed by atoms with E-state index in [1.54, 1.807) is 0 Å². The van der Waals surface area contributed by atoms with Crippen LogP contribution in [-0.2, 0) is 15.1 Å².